The number of carbonyl (C=O) groups excluding carboxylic acids is 1. The molecule has 0 aliphatic carbocycles. The zero-order chi connectivity index (χ0) is 37.2. The highest BCUT2D eigenvalue weighted by atomic mass is 32.2. The molecular weight excluding hydrogens is 713 g/mol. The molecule has 0 N–H and O–H groups in total. The highest BCUT2D eigenvalue weighted by Crippen LogP contribution is 2.61. The van der Waals surface area contributed by atoms with Crippen LogP contribution in [0.15, 0.2) is 168 Å². The molecule has 6 nitrogen and oxygen atoms in total. The highest BCUT2D eigenvalue weighted by molar-refractivity contribution is 8.17. The molecule has 0 amide bonds. The molecule has 1 saturated heterocycles. The first-order chi connectivity index (χ1) is 26.5. The molecule has 1 heterocycles. The number of ether oxygens (including phenoxy) is 5. The van der Waals surface area contributed by atoms with Gasteiger partial charge in [0.2, 0.25) is 0 Å². The Morgan fingerprint density at radius 1 is 0.574 bits per heavy atom. The lowest BCUT2D eigenvalue weighted by atomic mass is 9.84. The van der Waals surface area contributed by atoms with E-state index in [2.05, 4.69) is 36.4 Å². The number of hydrogen-bond donors (Lipinski definition) is 0. The SMILES string of the molecule is COc1cc(C[C@H]2C(=O)OC[C@@H]2C(Sc2ccccc2)(Sc2ccccc2)c2ccc(OCc3ccccc3)c(OC)c2)ccc1OCc1ccccc1. The number of methoxy groups -OCH3 is 2. The van der Waals surface area contributed by atoms with Gasteiger partial charge in [-0.1, -0.05) is 109 Å². The van der Waals surface area contributed by atoms with Gasteiger partial charge in [-0.2, -0.15) is 0 Å². The first-order valence-corrected chi connectivity index (χ1v) is 19.5. The van der Waals surface area contributed by atoms with Crippen LogP contribution in [0.4, 0.5) is 0 Å². The van der Waals surface area contributed by atoms with Gasteiger partial charge < -0.3 is 23.7 Å². The largest absolute Gasteiger partial charge is 0.493 e. The lowest BCUT2D eigenvalue weighted by molar-refractivity contribution is -0.141. The number of cyclic esters (lactones) is 1. The van der Waals surface area contributed by atoms with E-state index in [-0.39, 0.29) is 18.5 Å². The summed E-state index contributed by atoms with van der Waals surface area (Å²) < 4.78 is 29.5. The fourth-order valence-corrected chi connectivity index (χ4v) is 9.97. The second-order valence-corrected chi connectivity index (χ2v) is 15.8. The molecular formula is C46H42O6S2. The van der Waals surface area contributed by atoms with Gasteiger partial charge in [-0.25, -0.2) is 0 Å². The number of carbonyl (C=O) groups is 1. The smallest absolute Gasteiger partial charge is 0.309 e. The normalized spacial score (nSPS) is 15.3. The van der Waals surface area contributed by atoms with Gasteiger partial charge in [0.05, 0.1) is 26.7 Å². The Labute approximate surface area is 325 Å². The third-order valence-electron chi connectivity index (χ3n) is 9.43. The van der Waals surface area contributed by atoms with E-state index in [9.17, 15) is 4.79 Å². The van der Waals surface area contributed by atoms with E-state index < -0.39 is 10.00 Å². The van der Waals surface area contributed by atoms with Crippen LogP contribution in [0.1, 0.15) is 22.3 Å². The zero-order valence-corrected chi connectivity index (χ0v) is 31.9. The van der Waals surface area contributed by atoms with E-state index >= 15 is 0 Å². The summed E-state index contributed by atoms with van der Waals surface area (Å²) in [7, 11) is 3.30. The Morgan fingerprint density at radius 2 is 1.06 bits per heavy atom. The molecule has 0 radical (unpaired) electrons. The molecule has 6 aromatic carbocycles. The van der Waals surface area contributed by atoms with Crippen LogP contribution in [0, 0.1) is 11.8 Å². The molecule has 0 saturated carbocycles. The number of benzene rings is 6. The molecule has 2 atom stereocenters. The standard InChI is InChI=1S/C46H42O6S2/c1-48-43-28-35(23-25-41(43)50-30-33-15-7-3-8-16-33)27-39-40(32-52-45(39)47)46(53-37-19-11-5-12-20-37,54-38-21-13-6-14-22-38)36-24-26-42(44(29-36)49-2)51-31-34-17-9-4-10-18-34/h3-26,28-29,39-40H,27,30-32H2,1-2H3/t39-,40+/m1/s1. The first kappa shape index (κ1) is 37.0. The fourth-order valence-electron chi connectivity index (χ4n) is 6.68. The summed E-state index contributed by atoms with van der Waals surface area (Å²) in [6.45, 7) is 1.09. The van der Waals surface area contributed by atoms with E-state index in [1.165, 1.54) is 0 Å². The van der Waals surface area contributed by atoms with Gasteiger partial charge in [0, 0.05) is 15.7 Å². The van der Waals surface area contributed by atoms with Crippen molar-refractivity contribution >= 4 is 29.5 Å². The molecule has 1 aliphatic heterocycles. The van der Waals surface area contributed by atoms with Crippen molar-refractivity contribution in [1.82, 2.24) is 0 Å². The van der Waals surface area contributed by atoms with E-state index in [1.807, 2.05) is 121 Å². The Hall–Kier alpha value is -5.31. The summed E-state index contributed by atoms with van der Waals surface area (Å²) in [5, 5.41) is 0. The van der Waals surface area contributed by atoms with Crippen molar-refractivity contribution in [2.45, 2.75) is 33.5 Å². The molecule has 54 heavy (non-hydrogen) atoms. The summed E-state index contributed by atoms with van der Waals surface area (Å²) >= 11 is 3.47. The van der Waals surface area contributed by atoms with Crippen molar-refractivity contribution < 1.29 is 28.5 Å². The molecule has 7 rings (SSSR count). The van der Waals surface area contributed by atoms with E-state index in [4.69, 9.17) is 23.7 Å². The summed E-state index contributed by atoms with van der Waals surface area (Å²) in [6, 6.07) is 52.8. The van der Waals surface area contributed by atoms with Gasteiger partial charge in [-0.3, -0.25) is 4.79 Å². The lowest BCUT2D eigenvalue weighted by Gasteiger charge is -2.40. The zero-order valence-electron chi connectivity index (χ0n) is 30.3. The van der Waals surface area contributed by atoms with E-state index in [0.29, 0.717) is 42.6 Å². The van der Waals surface area contributed by atoms with Crippen molar-refractivity contribution in [1.29, 1.82) is 0 Å². The third-order valence-corrected chi connectivity index (χ3v) is 12.6. The molecule has 0 spiro atoms. The molecule has 0 unspecified atom stereocenters. The van der Waals surface area contributed by atoms with Gasteiger partial charge in [-0.05, 0) is 77.2 Å². The molecule has 0 bridgehead atoms. The molecule has 1 aliphatic rings. The molecule has 1 fully saturated rings. The Balaban J connectivity index is 1.27. The second-order valence-electron chi connectivity index (χ2n) is 12.9. The van der Waals surface area contributed by atoms with E-state index in [1.54, 1.807) is 37.7 Å². The van der Waals surface area contributed by atoms with Crippen LogP contribution in [0.2, 0.25) is 0 Å². The minimum absolute atomic E-state index is 0.218. The summed E-state index contributed by atoms with van der Waals surface area (Å²) in [4.78, 5) is 16.1. The summed E-state index contributed by atoms with van der Waals surface area (Å²) in [6.07, 6.45) is 0.459. The fraction of sp³-hybridized carbons (Fsp3) is 0.196. The average Bonchev–Trinajstić information content (AvgIpc) is 3.60. The summed E-state index contributed by atoms with van der Waals surface area (Å²) in [5.41, 5.74) is 4.08. The number of hydrogen-bond acceptors (Lipinski definition) is 8. The van der Waals surface area contributed by atoms with Crippen molar-refractivity contribution in [3.63, 3.8) is 0 Å². The van der Waals surface area contributed by atoms with Crippen molar-refractivity contribution in [2.24, 2.45) is 11.8 Å². The van der Waals surface area contributed by atoms with Gasteiger partial charge >= 0.3 is 5.97 Å². The molecule has 8 heteroatoms. The molecule has 274 valence electrons. The number of thioether (sulfide) groups is 2. The maximum atomic E-state index is 13.9. The summed E-state index contributed by atoms with van der Waals surface area (Å²) in [5.74, 6) is 1.60. The second kappa shape index (κ2) is 17.7. The average molecular weight is 755 g/mol. The topological polar surface area (TPSA) is 63.2 Å². The molecule has 0 aromatic heterocycles. The Kier molecular flexibility index (Phi) is 12.1. The monoisotopic (exact) mass is 754 g/mol. The van der Waals surface area contributed by atoms with E-state index in [0.717, 1.165) is 32.0 Å². The van der Waals surface area contributed by atoms with Crippen LogP contribution in [0.25, 0.3) is 0 Å². The minimum Gasteiger partial charge on any atom is -0.493 e. The highest BCUT2D eigenvalue weighted by Gasteiger charge is 2.53. The number of rotatable bonds is 16. The van der Waals surface area contributed by atoms with Crippen molar-refractivity contribution in [3.8, 4) is 23.0 Å². The number of esters is 1. The predicted molar refractivity (Wildman–Crippen MR) is 215 cm³/mol. The van der Waals surface area contributed by atoms with Crippen LogP contribution in [-0.4, -0.2) is 26.8 Å². The van der Waals surface area contributed by atoms with Crippen LogP contribution in [0.5, 0.6) is 23.0 Å². The first-order valence-electron chi connectivity index (χ1n) is 17.9. The quantitative estimate of drug-likeness (QED) is 0.0550. The van der Waals surface area contributed by atoms with Gasteiger partial charge in [-0.15, -0.1) is 23.5 Å². The maximum absolute atomic E-state index is 13.9. The molecule has 6 aromatic rings. The van der Waals surface area contributed by atoms with Crippen LogP contribution >= 0.6 is 23.5 Å². The lowest BCUT2D eigenvalue weighted by Crippen LogP contribution is -2.35. The maximum Gasteiger partial charge on any atom is 0.309 e. The van der Waals surface area contributed by atoms with Gasteiger partial charge in [0.1, 0.15) is 17.3 Å². The van der Waals surface area contributed by atoms with Crippen LogP contribution in [0.3, 0.4) is 0 Å². The van der Waals surface area contributed by atoms with Crippen molar-refractivity contribution in [3.05, 3.63) is 180 Å². The van der Waals surface area contributed by atoms with Crippen molar-refractivity contribution in [2.75, 3.05) is 20.8 Å². The third kappa shape index (κ3) is 8.73. The minimum atomic E-state index is -0.729. The Morgan fingerprint density at radius 3 is 1.57 bits per heavy atom. The predicted octanol–water partition coefficient (Wildman–Crippen LogP) is 10.6. The Bertz CT molecular complexity index is 2070. The van der Waals surface area contributed by atoms with Crippen LogP contribution in [-0.2, 0) is 33.2 Å². The van der Waals surface area contributed by atoms with Gasteiger partial charge in [0.15, 0.2) is 23.0 Å². The van der Waals surface area contributed by atoms with Crippen LogP contribution < -0.4 is 18.9 Å². The van der Waals surface area contributed by atoms with Gasteiger partial charge in [0.25, 0.3) is 0 Å².